The van der Waals surface area contributed by atoms with Crippen LogP contribution in [0.2, 0.25) is 0 Å². The van der Waals surface area contributed by atoms with Crippen molar-refractivity contribution in [3.63, 3.8) is 0 Å². The van der Waals surface area contributed by atoms with Crippen LogP contribution in [0.3, 0.4) is 0 Å². The molecule has 2 unspecified atom stereocenters. The molecule has 0 spiro atoms. The number of ether oxygens (including phenoxy) is 2. The van der Waals surface area contributed by atoms with Crippen LogP contribution in [-0.4, -0.2) is 60.0 Å². The van der Waals surface area contributed by atoms with Crippen molar-refractivity contribution >= 4 is 35.1 Å². The van der Waals surface area contributed by atoms with Crippen LogP contribution in [-0.2, 0) is 19.1 Å². The summed E-state index contributed by atoms with van der Waals surface area (Å²) >= 11 is 3.59. The Balaban J connectivity index is 1.51. The Hall–Kier alpha value is -1.08. The number of hydrogen-bond donors (Lipinski definition) is 0. The molecule has 0 aromatic carbocycles. The molecule has 6 heteroatoms. The Morgan fingerprint density at radius 2 is 1.11 bits per heavy atom. The van der Waals surface area contributed by atoms with Crippen LogP contribution >= 0.6 is 23.5 Å². The Labute approximate surface area is 240 Å². The average molecular weight is 563 g/mol. The van der Waals surface area contributed by atoms with E-state index in [4.69, 9.17) is 9.47 Å². The number of thioether (sulfide) groups is 2. The summed E-state index contributed by atoms with van der Waals surface area (Å²) in [5.41, 5.74) is 4.08. The molecule has 4 nitrogen and oxygen atoms in total. The second kappa shape index (κ2) is 15.6. The van der Waals surface area contributed by atoms with Gasteiger partial charge in [-0.3, -0.25) is 9.59 Å². The van der Waals surface area contributed by atoms with E-state index in [0.717, 1.165) is 46.6 Å². The zero-order chi connectivity index (χ0) is 28.3. The molecule has 0 amide bonds. The van der Waals surface area contributed by atoms with E-state index in [1.165, 1.54) is 0 Å². The lowest BCUT2D eigenvalue weighted by atomic mass is 9.73. The number of carbonyl (C=O) groups excluding carboxylic acids is 2. The highest BCUT2D eigenvalue weighted by molar-refractivity contribution is 8.00. The standard InChI is InChI=1S/C32H50O4S2/c1-23-11-9-13-31(5,6)29(23)27(33)21-25(3)37-19-17-35-15-16-36-18-20-38-26(4)22-28(34)30-24(2)12-10-14-32(30,7)8/h9-12,25-26H,13-22H2,1-8H3. The largest absolute Gasteiger partial charge is 0.378 e. The molecule has 0 radical (unpaired) electrons. The molecular formula is C32H50O4S2. The first-order chi connectivity index (χ1) is 17.8. The van der Waals surface area contributed by atoms with E-state index in [0.29, 0.717) is 39.3 Å². The van der Waals surface area contributed by atoms with Crippen molar-refractivity contribution in [1.29, 1.82) is 0 Å². The number of allylic oxidation sites excluding steroid dienone is 8. The van der Waals surface area contributed by atoms with Crippen molar-refractivity contribution < 1.29 is 19.1 Å². The third-order valence-corrected chi connectivity index (χ3v) is 9.55. The monoisotopic (exact) mass is 562 g/mol. The lowest BCUT2D eigenvalue weighted by Gasteiger charge is -2.31. The summed E-state index contributed by atoms with van der Waals surface area (Å²) in [6.45, 7) is 19.5. The van der Waals surface area contributed by atoms with Gasteiger partial charge in [0.25, 0.3) is 0 Å². The van der Waals surface area contributed by atoms with E-state index in [1.54, 1.807) is 23.5 Å². The molecule has 0 N–H and O–H groups in total. The quantitative estimate of drug-likeness (QED) is 0.169. The van der Waals surface area contributed by atoms with Crippen LogP contribution in [0.25, 0.3) is 0 Å². The van der Waals surface area contributed by atoms with Gasteiger partial charge in [-0.05, 0) is 48.7 Å². The molecule has 0 saturated heterocycles. The van der Waals surface area contributed by atoms with E-state index in [2.05, 4.69) is 65.8 Å². The van der Waals surface area contributed by atoms with Gasteiger partial charge < -0.3 is 9.47 Å². The van der Waals surface area contributed by atoms with Gasteiger partial charge in [0.1, 0.15) is 0 Å². The summed E-state index contributed by atoms with van der Waals surface area (Å²) < 4.78 is 11.4. The minimum atomic E-state index is -0.0712. The molecule has 0 heterocycles. The number of hydrogen-bond acceptors (Lipinski definition) is 6. The number of carbonyl (C=O) groups is 2. The van der Waals surface area contributed by atoms with Crippen LogP contribution in [0.15, 0.2) is 46.6 Å². The van der Waals surface area contributed by atoms with Gasteiger partial charge >= 0.3 is 0 Å². The Kier molecular flexibility index (Phi) is 13.6. The van der Waals surface area contributed by atoms with Crippen LogP contribution < -0.4 is 0 Å². The van der Waals surface area contributed by atoms with Gasteiger partial charge in [-0.15, -0.1) is 0 Å². The summed E-state index contributed by atoms with van der Waals surface area (Å²) in [7, 11) is 0. The zero-order valence-electron chi connectivity index (χ0n) is 25.0. The van der Waals surface area contributed by atoms with Crippen molar-refractivity contribution in [2.24, 2.45) is 10.8 Å². The fourth-order valence-electron chi connectivity index (χ4n) is 5.48. The van der Waals surface area contributed by atoms with Gasteiger partial charge in [0.2, 0.25) is 0 Å². The van der Waals surface area contributed by atoms with Crippen molar-refractivity contribution in [1.82, 2.24) is 0 Å². The van der Waals surface area contributed by atoms with Crippen molar-refractivity contribution in [2.45, 2.75) is 91.6 Å². The molecule has 0 aromatic heterocycles. The maximum atomic E-state index is 12.9. The van der Waals surface area contributed by atoms with Crippen LogP contribution in [0, 0.1) is 10.8 Å². The summed E-state index contributed by atoms with van der Waals surface area (Å²) in [5, 5.41) is 0.548. The molecule has 2 aliphatic rings. The predicted molar refractivity (Wildman–Crippen MR) is 165 cm³/mol. The fourth-order valence-corrected chi connectivity index (χ4v) is 7.25. The zero-order valence-corrected chi connectivity index (χ0v) is 26.6. The molecule has 2 aliphatic carbocycles. The normalized spacial score (nSPS) is 20.1. The summed E-state index contributed by atoms with van der Waals surface area (Å²) in [5.74, 6) is 2.31. The van der Waals surface area contributed by atoms with Gasteiger partial charge in [0, 0.05) is 46.0 Å². The first-order valence-corrected chi connectivity index (χ1v) is 16.2. The lowest BCUT2D eigenvalue weighted by molar-refractivity contribution is -0.117. The molecule has 0 aliphatic heterocycles. The van der Waals surface area contributed by atoms with Crippen molar-refractivity contribution in [3.8, 4) is 0 Å². The third kappa shape index (κ3) is 10.5. The van der Waals surface area contributed by atoms with Gasteiger partial charge in [-0.1, -0.05) is 65.8 Å². The SMILES string of the molecule is CC1=C(C(=O)CC(C)SCCOCCOCCSC(C)CC(=O)C2=C(C)C=CCC2(C)C)C(C)(C)CC=C1. The van der Waals surface area contributed by atoms with Crippen LogP contribution in [0.1, 0.15) is 81.1 Å². The molecule has 0 saturated carbocycles. The summed E-state index contributed by atoms with van der Waals surface area (Å²) in [4.78, 5) is 25.9. The number of Topliss-reactive ketones (excluding diaryl/α,β-unsaturated/α-hetero) is 2. The Morgan fingerprint density at radius 3 is 1.45 bits per heavy atom. The third-order valence-electron chi connectivity index (χ3n) is 7.27. The maximum absolute atomic E-state index is 12.9. The highest BCUT2D eigenvalue weighted by Gasteiger charge is 2.32. The number of rotatable bonds is 17. The van der Waals surface area contributed by atoms with Gasteiger partial charge in [0.05, 0.1) is 26.4 Å². The molecular weight excluding hydrogens is 512 g/mol. The second-order valence-corrected chi connectivity index (χ2v) is 15.0. The van der Waals surface area contributed by atoms with Gasteiger partial charge in [0.15, 0.2) is 11.6 Å². The summed E-state index contributed by atoms with van der Waals surface area (Å²) in [6.07, 6.45) is 11.5. The average Bonchev–Trinajstić information content (AvgIpc) is 2.78. The smallest absolute Gasteiger partial charge is 0.160 e. The molecule has 2 rings (SSSR count). The van der Waals surface area contributed by atoms with E-state index < -0.39 is 0 Å². The topological polar surface area (TPSA) is 52.6 Å². The molecule has 2 atom stereocenters. The summed E-state index contributed by atoms with van der Waals surface area (Å²) in [6, 6.07) is 0. The first-order valence-electron chi connectivity index (χ1n) is 14.1. The fraction of sp³-hybridized carbons (Fsp3) is 0.688. The highest BCUT2D eigenvalue weighted by Crippen LogP contribution is 2.39. The molecule has 0 bridgehead atoms. The highest BCUT2D eigenvalue weighted by atomic mass is 32.2. The molecule has 38 heavy (non-hydrogen) atoms. The minimum absolute atomic E-state index is 0.0712. The first kappa shape index (κ1) is 33.1. The molecule has 0 fully saturated rings. The van der Waals surface area contributed by atoms with Gasteiger partial charge in [-0.2, -0.15) is 23.5 Å². The van der Waals surface area contributed by atoms with E-state index in [1.807, 2.05) is 13.8 Å². The molecule has 0 aromatic rings. The van der Waals surface area contributed by atoms with E-state index >= 15 is 0 Å². The van der Waals surface area contributed by atoms with Gasteiger partial charge in [-0.25, -0.2) is 0 Å². The van der Waals surface area contributed by atoms with Crippen molar-refractivity contribution in [2.75, 3.05) is 37.9 Å². The van der Waals surface area contributed by atoms with Crippen LogP contribution in [0.4, 0.5) is 0 Å². The maximum Gasteiger partial charge on any atom is 0.160 e. The predicted octanol–water partition coefficient (Wildman–Crippen LogP) is 7.79. The Bertz CT molecular complexity index is 863. The van der Waals surface area contributed by atoms with Crippen molar-refractivity contribution in [3.05, 3.63) is 46.6 Å². The molecule has 214 valence electrons. The Morgan fingerprint density at radius 1 is 0.737 bits per heavy atom. The lowest BCUT2D eigenvalue weighted by Crippen LogP contribution is -2.26. The van der Waals surface area contributed by atoms with E-state index in [9.17, 15) is 9.59 Å². The second-order valence-electron chi connectivity index (χ2n) is 11.9. The minimum Gasteiger partial charge on any atom is -0.378 e. The van der Waals surface area contributed by atoms with Crippen LogP contribution in [0.5, 0.6) is 0 Å². The number of ketones is 2. The van der Waals surface area contributed by atoms with E-state index in [-0.39, 0.29) is 32.9 Å².